The topological polar surface area (TPSA) is 33.5 Å². The van der Waals surface area contributed by atoms with E-state index in [4.69, 9.17) is 11.6 Å². The number of likely N-dealkylation sites (N-methyl/N-ethyl adjacent to an activating group) is 1. The molecule has 2 N–H and O–H groups in total. The quantitative estimate of drug-likeness (QED) is 0.836. The van der Waals surface area contributed by atoms with E-state index < -0.39 is 0 Å². The summed E-state index contributed by atoms with van der Waals surface area (Å²) in [6.07, 6.45) is 0. The van der Waals surface area contributed by atoms with Crippen LogP contribution in [0.2, 0.25) is 5.02 Å². The van der Waals surface area contributed by atoms with Crippen LogP contribution in [0.15, 0.2) is 53.0 Å². The van der Waals surface area contributed by atoms with Gasteiger partial charge in [-0.15, -0.1) is 0 Å². The van der Waals surface area contributed by atoms with Crippen molar-refractivity contribution in [2.45, 2.75) is 6.54 Å². The summed E-state index contributed by atoms with van der Waals surface area (Å²) in [7, 11) is 1.98. The molecular formula is C16H17BrClN2O+. The maximum Gasteiger partial charge on any atom is 0.279 e. The van der Waals surface area contributed by atoms with Crippen molar-refractivity contribution in [2.75, 3.05) is 18.9 Å². The minimum Gasteiger partial charge on any atom is -0.326 e. The van der Waals surface area contributed by atoms with Crippen molar-refractivity contribution in [1.82, 2.24) is 0 Å². The molecule has 5 heteroatoms. The predicted molar refractivity (Wildman–Crippen MR) is 89.7 cm³/mol. The number of quaternary nitrogens is 1. The molecular weight excluding hydrogens is 352 g/mol. The van der Waals surface area contributed by atoms with E-state index in [1.54, 1.807) is 0 Å². The number of carbonyl (C=O) groups excluding carboxylic acids is 1. The first-order valence-corrected chi connectivity index (χ1v) is 7.82. The summed E-state index contributed by atoms with van der Waals surface area (Å²) in [5.41, 5.74) is 1.84. The van der Waals surface area contributed by atoms with Gasteiger partial charge in [0.1, 0.15) is 6.54 Å². The number of amides is 1. The third-order valence-electron chi connectivity index (χ3n) is 3.02. The fraction of sp³-hybridized carbons (Fsp3) is 0.188. The van der Waals surface area contributed by atoms with Crippen molar-refractivity contribution in [3.05, 3.63) is 63.6 Å². The van der Waals surface area contributed by atoms with Crippen molar-refractivity contribution in [2.24, 2.45) is 0 Å². The Balaban J connectivity index is 1.89. The lowest BCUT2D eigenvalue weighted by atomic mass is 10.2. The van der Waals surface area contributed by atoms with Gasteiger partial charge in [0.05, 0.1) is 7.05 Å². The molecule has 1 unspecified atom stereocenters. The van der Waals surface area contributed by atoms with Crippen LogP contribution in [0.5, 0.6) is 0 Å². The van der Waals surface area contributed by atoms with Crippen LogP contribution in [0.3, 0.4) is 0 Å². The number of hydrogen-bond donors (Lipinski definition) is 2. The summed E-state index contributed by atoms with van der Waals surface area (Å²) in [6.45, 7) is 1.10. The zero-order valence-corrected chi connectivity index (χ0v) is 14.0. The van der Waals surface area contributed by atoms with Gasteiger partial charge in [-0.3, -0.25) is 4.79 Å². The minimum absolute atomic E-state index is 0.0161. The second kappa shape index (κ2) is 7.59. The van der Waals surface area contributed by atoms with Gasteiger partial charge in [0.25, 0.3) is 5.91 Å². The molecule has 0 saturated heterocycles. The SMILES string of the molecule is C[NH+](CC(=O)Nc1cccc(Br)c1)Cc1ccccc1Cl. The van der Waals surface area contributed by atoms with Gasteiger partial charge in [0.15, 0.2) is 6.54 Å². The van der Waals surface area contributed by atoms with Crippen molar-refractivity contribution in [3.63, 3.8) is 0 Å². The van der Waals surface area contributed by atoms with E-state index in [1.165, 1.54) is 0 Å². The molecule has 1 atom stereocenters. The molecule has 0 aromatic heterocycles. The minimum atomic E-state index is -0.0161. The normalized spacial score (nSPS) is 12.0. The zero-order chi connectivity index (χ0) is 15.2. The number of halogens is 2. The van der Waals surface area contributed by atoms with Gasteiger partial charge in [-0.25, -0.2) is 0 Å². The highest BCUT2D eigenvalue weighted by Crippen LogP contribution is 2.15. The van der Waals surface area contributed by atoms with E-state index in [0.29, 0.717) is 13.1 Å². The lowest BCUT2D eigenvalue weighted by Crippen LogP contribution is -3.08. The Bertz CT molecular complexity index is 633. The highest BCUT2D eigenvalue weighted by molar-refractivity contribution is 9.10. The maximum atomic E-state index is 12.0. The van der Waals surface area contributed by atoms with Crippen molar-refractivity contribution in [3.8, 4) is 0 Å². The van der Waals surface area contributed by atoms with Crippen LogP contribution < -0.4 is 10.2 Å². The van der Waals surface area contributed by atoms with Crippen LogP contribution >= 0.6 is 27.5 Å². The summed E-state index contributed by atoms with van der Waals surface area (Å²) >= 11 is 9.52. The van der Waals surface area contributed by atoms with Gasteiger partial charge in [0.2, 0.25) is 0 Å². The molecule has 0 aliphatic heterocycles. The Hall–Kier alpha value is -1.36. The highest BCUT2D eigenvalue weighted by Gasteiger charge is 2.12. The molecule has 110 valence electrons. The molecule has 0 aliphatic rings. The first-order chi connectivity index (χ1) is 10.0. The van der Waals surface area contributed by atoms with Crippen LogP contribution in [0.1, 0.15) is 5.56 Å². The lowest BCUT2D eigenvalue weighted by Gasteiger charge is -2.14. The number of hydrogen-bond acceptors (Lipinski definition) is 1. The second-order valence-corrected chi connectivity index (χ2v) is 6.28. The zero-order valence-electron chi connectivity index (χ0n) is 11.7. The molecule has 0 heterocycles. The Kier molecular flexibility index (Phi) is 5.79. The fourth-order valence-electron chi connectivity index (χ4n) is 2.07. The van der Waals surface area contributed by atoms with Gasteiger partial charge in [-0.1, -0.05) is 51.8 Å². The molecule has 2 rings (SSSR count). The smallest absolute Gasteiger partial charge is 0.279 e. The molecule has 2 aromatic rings. The average molecular weight is 369 g/mol. The molecule has 0 bridgehead atoms. The predicted octanol–water partition coefficient (Wildman–Crippen LogP) is 2.76. The Morgan fingerprint density at radius 3 is 2.71 bits per heavy atom. The Morgan fingerprint density at radius 2 is 2.00 bits per heavy atom. The monoisotopic (exact) mass is 367 g/mol. The van der Waals surface area contributed by atoms with E-state index in [-0.39, 0.29) is 5.91 Å². The summed E-state index contributed by atoms with van der Waals surface area (Å²) in [4.78, 5) is 13.1. The average Bonchev–Trinajstić information content (AvgIpc) is 2.41. The van der Waals surface area contributed by atoms with Gasteiger partial charge in [-0.05, 0) is 24.3 Å². The van der Waals surface area contributed by atoms with Crippen molar-refractivity contribution in [1.29, 1.82) is 0 Å². The number of anilines is 1. The van der Waals surface area contributed by atoms with Gasteiger partial charge in [0, 0.05) is 20.7 Å². The van der Waals surface area contributed by atoms with Crippen LogP contribution in [-0.4, -0.2) is 19.5 Å². The molecule has 1 amide bonds. The first-order valence-electron chi connectivity index (χ1n) is 6.65. The molecule has 0 aliphatic carbocycles. The van der Waals surface area contributed by atoms with Gasteiger partial charge < -0.3 is 10.2 Å². The summed E-state index contributed by atoms with van der Waals surface area (Å²) < 4.78 is 0.942. The van der Waals surface area contributed by atoms with Crippen molar-refractivity contribution >= 4 is 39.1 Å². The summed E-state index contributed by atoms with van der Waals surface area (Å²) in [6, 6.07) is 15.3. The lowest BCUT2D eigenvalue weighted by molar-refractivity contribution is -0.885. The molecule has 3 nitrogen and oxygen atoms in total. The van der Waals surface area contributed by atoms with E-state index in [2.05, 4.69) is 21.2 Å². The third-order valence-corrected chi connectivity index (χ3v) is 3.88. The highest BCUT2D eigenvalue weighted by atomic mass is 79.9. The fourth-order valence-corrected chi connectivity index (χ4v) is 2.68. The number of nitrogens with one attached hydrogen (secondary N) is 2. The van der Waals surface area contributed by atoms with Crippen molar-refractivity contribution < 1.29 is 9.69 Å². The second-order valence-electron chi connectivity index (χ2n) is 4.96. The first kappa shape index (κ1) is 16.0. The molecule has 2 aromatic carbocycles. The number of carbonyl (C=O) groups is 1. The van der Waals surface area contributed by atoms with E-state index in [9.17, 15) is 4.79 Å². The largest absolute Gasteiger partial charge is 0.326 e. The number of rotatable bonds is 5. The molecule has 21 heavy (non-hydrogen) atoms. The molecule has 0 spiro atoms. The molecule has 0 saturated carbocycles. The van der Waals surface area contributed by atoms with Crippen LogP contribution in [0, 0.1) is 0 Å². The Labute approximate surface area is 138 Å². The standard InChI is InChI=1S/C16H16BrClN2O/c1-20(10-12-5-2-3-8-15(12)18)11-16(21)19-14-7-4-6-13(17)9-14/h2-9H,10-11H2,1H3,(H,19,21)/p+1. The van der Waals surface area contributed by atoms with Gasteiger partial charge >= 0.3 is 0 Å². The summed E-state index contributed by atoms with van der Waals surface area (Å²) in [5.74, 6) is -0.0161. The molecule has 0 radical (unpaired) electrons. The van der Waals surface area contributed by atoms with Crippen LogP contribution in [0.4, 0.5) is 5.69 Å². The Morgan fingerprint density at radius 1 is 1.24 bits per heavy atom. The van der Waals surface area contributed by atoms with Crippen LogP contribution in [0.25, 0.3) is 0 Å². The maximum absolute atomic E-state index is 12.0. The van der Waals surface area contributed by atoms with E-state index >= 15 is 0 Å². The third kappa shape index (κ3) is 5.16. The van der Waals surface area contributed by atoms with E-state index in [0.717, 1.165) is 25.6 Å². The van der Waals surface area contributed by atoms with Gasteiger partial charge in [-0.2, -0.15) is 0 Å². The number of benzene rings is 2. The van der Waals surface area contributed by atoms with E-state index in [1.807, 2.05) is 55.6 Å². The van der Waals surface area contributed by atoms with Crippen LogP contribution in [-0.2, 0) is 11.3 Å². The molecule has 0 fully saturated rings. The summed E-state index contributed by atoms with van der Waals surface area (Å²) in [5, 5.41) is 3.63.